The van der Waals surface area contributed by atoms with Crippen LogP contribution in [0.15, 0.2) is 150 Å². The summed E-state index contributed by atoms with van der Waals surface area (Å²) in [5, 5.41) is 13.5. The number of imidazole rings is 1. The zero-order valence-corrected chi connectivity index (χ0v) is 32.1. The van der Waals surface area contributed by atoms with E-state index in [4.69, 9.17) is 14.4 Å². The predicted molar refractivity (Wildman–Crippen MR) is 227 cm³/mol. The van der Waals surface area contributed by atoms with Gasteiger partial charge in [0.2, 0.25) is 0 Å². The van der Waals surface area contributed by atoms with E-state index in [0.717, 1.165) is 66.6 Å². The summed E-state index contributed by atoms with van der Waals surface area (Å²) in [5.74, 6) is 0.758. The van der Waals surface area contributed by atoms with Crippen LogP contribution in [0.2, 0.25) is 0 Å². The Hall–Kier alpha value is -6.46. The largest absolute Gasteiger partial charge is 0.507 e. The molecule has 6 aromatic carbocycles. The van der Waals surface area contributed by atoms with Crippen molar-refractivity contribution in [2.24, 2.45) is 0 Å². The first-order valence-electron chi connectivity index (χ1n) is 18.9. The van der Waals surface area contributed by atoms with E-state index in [-0.39, 0.29) is 16.6 Å². The Morgan fingerprint density at radius 2 is 1.27 bits per heavy atom. The topological polar surface area (TPSA) is 64.1 Å². The number of aromatic hydroxyl groups is 1. The maximum atomic E-state index is 11.6. The van der Waals surface area contributed by atoms with E-state index in [2.05, 4.69) is 131 Å². The van der Waals surface area contributed by atoms with Gasteiger partial charge in [0.1, 0.15) is 22.7 Å². The number of nitrogens with zero attached hydrogens (tertiary/aromatic N) is 3. The summed E-state index contributed by atoms with van der Waals surface area (Å²) < 4.78 is 8.26. The van der Waals surface area contributed by atoms with Crippen molar-refractivity contribution < 1.29 is 9.52 Å². The number of fused-ring (bicyclic) bond motifs is 4. The minimum Gasteiger partial charge on any atom is -0.507 e. The van der Waals surface area contributed by atoms with Gasteiger partial charge in [-0.2, -0.15) is 0 Å². The molecule has 0 amide bonds. The quantitative estimate of drug-likeness (QED) is 0.192. The van der Waals surface area contributed by atoms with Crippen molar-refractivity contribution in [1.29, 1.82) is 0 Å². The van der Waals surface area contributed by atoms with Gasteiger partial charge in [-0.25, -0.2) is 4.98 Å². The van der Waals surface area contributed by atoms with Crippen LogP contribution in [-0.4, -0.2) is 19.6 Å². The summed E-state index contributed by atoms with van der Waals surface area (Å²) in [5.41, 5.74) is 13.6. The van der Waals surface area contributed by atoms with Crippen LogP contribution < -0.4 is 0 Å². The lowest BCUT2D eigenvalue weighted by Crippen LogP contribution is -2.11. The molecule has 1 N–H and O–H groups in total. The molecule has 0 bridgehead atoms. The Bertz CT molecular complexity index is 2880. The number of para-hydroxylation sites is 3. The van der Waals surface area contributed by atoms with Crippen LogP contribution in [0.3, 0.4) is 0 Å². The van der Waals surface area contributed by atoms with Crippen molar-refractivity contribution in [3.63, 3.8) is 0 Å². The fourth-order valence-electron chi connectivity index (χ4n) is 7.59. The molecule has 3 aromatic heterocycles. The molecule has 0 atom stereocenters. The van der Waals surface area contributed by atoms with Crippen molar-refractivity contribution in [3.8, 4) is 56.3 Å². The average molecular weight is 718 g/mol. The molecule has 3 heterocycles. The predicted octanol–water partition coefficient (Wildman–Crippen LogP) is 13.3. The van der Waals surface area contributed by atoms with Crippen molar-refractivity contribution in [3.05, 3.63) is 157 Å². The lowest BCUT2D eigenvalue weighted by Gasteiger charge is -2.22. The van der Waals surface area contributed by atoms with E-state index in [9.17, 15) is 5.11 Å². The summed E-state index contributed by atoms with van der Waals surface area (Å²) in [4.78, 5) is 10.3. The van der Waals surface area contributed by atoms with E-state index in [1.54, 1.807) is 6.07 Å². The Kier molecular flexibility index (Phi) is 8.01. The molecule has 0 spiro atoms. The number of hydrogen-bond donors (Lipinski definition) is 1. The fraction of sp³-hybridized carbons (Fsp3) is 0.160. The summed E-state index contributed by atoms with van der Waals surface area (Å²) in [7, 11) is 0. The maximum Gasteiger partial charge on any atom is 0.149 e. The van der Waals surface area contributed by atoms with Gasteiger partial charge in [0.25, 0.3) is 0 Å². The molecule has 270 valence electrons. The number of phenolic OH excluding ortho intramolecular Hbond substituents is 1. The van der Waals surface area contributed by atoms with Crippen LogP contribution in [0, 0.1) is 0 Å². The molecule has 9 aromatic rings. The third-order valence-corrected chi connectivity index (χ3v) is 10.7. The van der Waals surface area contributed by atoms with E-state index in [0.29, 0.717) is 17.0 Å². The first-order valence-corrected chi connectivity index (χ1v) is 18.9. The molecule has 5 nitrogen and oxygen atoms in total. The third-order valence-electron chi connectivity index (χ3n) is 10.7. The van der Waals surface area contributed by atoms with Crippen LogP contribution in [-0.2, 0) is 10.8 Å². The summed E-state index contributed by atoms with van der Waals surface area (Å²) in [6.07, 6.45) is 1.91. The number of rotatable bonds is 5. The minimum atomic E-state index is -0.123. The SMILES string of the molecule is CC(C)(C)c1ccc(-c2ccnc(-c3cc(-c4cccc5c4nc(-c4cc6c(cc4O)oc4ccccc46)n5-c4ccccc4)cc(C(C)(C)C)c3)c2)cc1. The fourth-order valence-corrected chi connectivity index (χ4v) is 7.59. The van der Waals surface area contributed by atoms with Gasteiger partial charge in [0, 0.05) is 39.8 Å². The summed E-state index contributed by atoms with van der Waals surface area (Å²) in [6, 6.07) is 48.2. The van der Waals surface area contributed by atoms with Crippen LogP contribution >= 0.6 is 0 Å². The molecule has 5 heteroatoms. The van der Waals surface area contributed by atoms with Crippen molar-refractivity contribution in [2.45, 2.75) is 52.4 Å². The van der Waals surface area contributed by atoms with Crippen LogP contribution in [0.4, 0.5) is 0 Å². The van der Waals surface area contributed by atoms with E-state index in [1.165, 1.54) is 11.1 Å². The van der Waals surface area contributed by atoms with Gasteiger partial charge in [0.15, 0.2) is 0 Å². The summed E-state index contributed by atoms with van der Waals surface area (Å²) in [6.45, 7) is 13.5. The van der Waals surface area contributed by atoms with Crippen LogP contribution in [0.1, 0.15) is 52.7 Å². The zero-order valence-electron chi connectivity index (χ0n) is 32.1. The second kappa shape index (κ2) is 12.8. The highest BCUT2D eigenvalue weighted by Gasteiger charge is 2.23. The van der Waals surface area contributed by atoms with E-state index < -0.39 is 0 Å². The zero-order chi connectivity index (χ0) is 38.1. The lowest BCUT2D eigenvalue weighted by atomic mass is 9.83. The van der Waals surface area contributed by atoms with E-state index >= 15 is 0 Å². The number of pyridine rings is 1. The number of phenols is 1. The molecule has 0 unspecified atom stereocenters. The Labute approximate surface area is 321 Å². The number of hydrogen-bond acceptors (Lipinski definition) is 4. The van der Waals surface area contributed by atoms with Gasteiger partial charge in [0.05, 0.1) is 22.3 Å². The third kappa shape index (κ3) is 6.16. The van der Waals surface area contributed by atoms with Gasteiger partial charge >= 0.3 is 0 Å². The maximum absolute atomic E-state index is 11.6. The van der Waals surface area contributed by atoms with Crippen molar-refractivity contribution in [2.75, 3.05) is 0 Å². The highest BCUT2D eigenvalue weighted by atomic mass is 16.3. The Morgan fingerprint density at radius 1 is 0.545 bits per heavy atom. The van der Waals surface area contributed by atoms with Gasteiger partial charge in [-0.3, -0.25) is 9.55 Å². The molecule has 9 rings (SSSR count). The molecule has 55 heavy (non-hydrogen) atoms. The van der Waals surface area contributed by atoms with Gasteiger partial charge in [-0.1, -0.05) is 120 Å². The molecule has 0 saturated heterocycles. The molecule has 0 radical (unpaired) electrons. The molecule has 0 aliphatic carbocycles. The van der Waals surface area contributed by atoms with Gasteiger partial charge in [-0.15, -0.1) is 0 Å². The first kappa shape index (κ1) is 34.3. The van der Waals surface area contributed by atoms with Crippen LogP contribution in [0.5, 0.6) is 5.75 Å². The molecule has 0 saturated carbocycles. The van der Waals surface area contributed by atoms with Crippen molar-refractivity contribution in [1.82, 2.24) is 14.5 Å². The Morgan fingerprint density at radius 3 is 2.04 bits per heavy atom. The van der Waals surface area contributed by atoms with Gasteiger partial charge < -0.3 is 9.52 Å². The second-order valence-electron chi connectivity index (χ2n) is 16.5. The Balaban J connectivity index is 1.24. The smallest absolute Gasteiger partial charge is 0.149 e. The average Bonchev–Trinajstić information content (AvgIpc) is 3.75. The molecular weight excluding hydrogens is 675 g/mol. The summed E-state index contributed by atoms with van der Waals surface area (Å²) >= 11 is 0. The molecular formula is C50H43N3O2. The number of furan rings is 1. The molecule has 0 fully saturated rings. The molecule has 0 aliphatic rings. The number of benzene rings is 6. The van der Waals surface area contributed by atoms with Crippen LogP contribution in [0.25, 0.3) is 83.6 Å². The van der Waals surface area contributed by atoms with Crippen molar-refractivity contribution >= 4 is 33.0 Å². The normalized spacial score (nSPS) is 12.3. The van der Waals surface area contributed by atoms with E-state index in [1.807, 2.05) is 54.7 Å². The first-order chi connectivity index (χ1) is 26.4. The lowest BCUT2D eigenvalue weighted by molar-refractivity contribution is 0.476. The number of aromatic nitrogens is 3. The highest BCUT2D eigenvalue weighted by Crippen LogP contribution is 2.42. The molecule has 0 aliphatic heterocycles. The monoisotopic (exact) mass is 717 g/mol. The standard InChI is InChI=1S/C50H43N3O2/c1-49(2,3)35-21-19-31(20-22-35)32-23-24-51-42(28-32)34-25-33(26-36(27-34)50(4,5)6)38-16-12-17-43-47(38)52-48(53(43)37-13-8-7-9-14-37)41-29-40-39-15-10-11-18-45(39)55-46(40)30-44(41)54/h7-30,54H,1-6H3. The highest BCUT2D eigenvalue weighted by molar-refractivity contribution is 6.07. The van der Waals surface area contributed by atoms with Gasteiger partial charge in [-0.05, 0) is 93.2 Å². The minimum absolute atomic E-state index is 0.0922. The second-order valence-corrected chi connectivity index (χ2v) is 16.5.